The molecule has 0 saturated heterocycles. The molecule has 7 aromatic rings. The predicted octanol–water partition coefficient (Wildman–Crippen LogP) is 7.59. The van der Waals surface area contributed by atoms with Crippen molar-refractivity contribution in [3.63, 3.8) is 0 Å². The van der Waals surface area contributed by atoms with Crippen LogP contribution in [0.2, 0.25) is 0 Å². The number of pyridine rings is 2. The van der Waals surface area contributed by atoms with Crippen LogP contribution >= 0.6 is 0 Å². The van der Waals surface area contributed by atoms with E-state index in [9.17, 15) is 0 Å². The summed E-state index contributed by atoms with van der Waals surface area (Å²) in [7, 11) is 0. The van der Waals surface area contributed by atoms with Crippen molar-refractivity contribution in [2.75, 3.05) is 0 Å². The maximum absolute atomic E-state index is 4.83. The fourth-order valence-electron chi connectivity index (χ4n) is 4.31. The van der Waals surface area contributed by atoms with E-state index in [1.165, 1.54) is 0 Å². The van der Waals surface area contributed by atoms with E-state index in [1.807, 2.05) is 97.2 Å². The van der Waals surface area contributed by atoms with E-state index < -0.39 is 0 Å². The molecule has 0 unspecified atom stereocenters. The second kappa shape index (κ2) is 11.7. The summed E-state index contributed by atoms with van der Waals surface area (Å²) in [6.07, 6.45) is 3.68. The molecular weight excluding hydrogens is 645 g/mol. The zero-order valence-electron chi connectivity index (χ0n) is 20.3. The van der Waals surface area contributed by atoms with Crippen molar-refractivity contribution in [1.29, 1.82) is 0 Å². The van der Waals surface area contributed by atoms with Crippen molar-refractivity contribution in [2.24, 2.45) is 0 Å². The van der Waals surface area contributed by atoms with E-state index in [-0.39, 0.29) is 20.1 Å². The predicted molar refractivity (Wildman–Crippen MR) is 149 cm³/mol. The van der Waals surface area contributed by atoms with Crippen LogP contribution in [-0.4, -0.2) is 19.5 Å². The Hall–Kier alpha value is -4.44. The van der Waals surface area contributed by atoms with Gasteiger partial charge in [-0.1, -0.05) is 54.6 Å². The summed E-state index contributed by atoms with van der Waals surface area (Å²) >= 11 is 0. The summed E-state index contributed by atoms with van der Waals surface area (Å²) in [6.45, 7) is 0. The van der Waals surface area contributed by atoms with E-state index in [2.05, 4.69) is 57.0 Å². The number of imidazole rings is 1. The van der Waals surface area contributed by atoms with Gasteiger partial charge in [-0.25, -0.2) is 4.98 Å². The van der Waals surface area contributed by atoms with Gasteiger partial charge in [0.15, 0.2) is 5.65 Å². The van der Waals surface area contributed by atoms with E-state index in [0.717, 1.165) is 50.3 Å². The standard InChI is InChI=1S/C22H14N3.C11H8N.Ir/c1-3-9-16(10-4-1)22-24-21-20(25(22)18-12-5-2-6-13-18)19-14-8-7-11-17(19)15-23-21;1-2-6-10(7-3-1)11-8-4-5-9-12-11;/h1-9,11-15H;1-6,8-9H;/q2*-1;. The van der Waals surface area contributed by atoms with Crippen LogP contribution in [0.3, 0.4) is 0 Å². The largest absolute Gasteiger partial charge is 0.331 e. The first-order chi connectivity index (χ1) is 18.4. The third kappa shape index (κ3) is 5.16. The smallest absolute Gasteiger partial charge is 0.169 e. The molecule has 0 aliphatic rings. The summed E-state index contributed by atoms with van der Waals surface area (Å²) in [5.41, 5.74) is 5.80. The number of para-hydroxylation sites is 1. The van der Waals surface area contributed by atoms with Crippen LogP contribution in [0.5, 0.6) is 0 Å². The van der Waals surface area contributed by atoms with Gasteiger partial charge in [0.2, 0.25) is 0 Å². The zero-order valence-corrected chi connectivity index (χ0v) is 22.7. The minimum atomic E-state index is 0. The molecule has 4 nitrogen and oxygen atoms in total. The normalized spacial score (nSPS) is 10.4. The van der Waals surface area contributed by atoms with Gasteiger partial charge >= 0.3 is 0 Å². The summed E-state index contributed by atoms with van der Waals surface area (Å²) in [4.78, 5) is 13.6. The minimum Gasteiger partial charge on any atom is -0.331 e. The van der Waals surface area contributed by atoms with Crippen molar-refractivity contribution < 1.29 is 20.1 Å². The number of hydrogen-bond donors (Lipinski definition) is 0. The second-order valence-corrected chi connectivity index (χ2v) is 8.39. The first-order valence-electron chi connectivity index (χ1n) is 12.1. The molecule has 38 heavy (non-hydrogen) atoms. The average Bonchev–Trinajstić information content (AvgIpc) is 3.40. The van der Waals surface area contributed by atoms with Crippen molar-refractivity contribution in [2.45, 2.75) is 0 Å². The third-order valence-electron chi connectivity index (χ3n) is 6.02. The number of nitrogens with zero attached hydrogens (tertiary/aromatic N) is 4. The van der Waals surface area contributed by atoms with Gasteiger partial charge in [0.05, 0.1) is 11.3 Å². The Morgan fingerprint density at radius 1 is 0.605 bits per heavy atom. The van der Waals surface area contributed by atoms with Gasteiger partial charge in [-0.15, -0.1) is 71.8 Å². The second-order valence-electron chi connectivity index (χ2n) is 8.39. The van der Waals surface area contributed by atoms with Crippen LogP contribution in [0.25, 0.3) is 50.3 Å². The maximum Gasteiger partial charge on any atom is 0.169 e. The van der Waals surface area contributed by atoms with Gasteiger partial charge in [0.25, 0.3) is 0 Å². The summed E-state index contributed by atoms with van der Waals surface area (Å²) in [5.74, 6) is 0.852. The number of rotatable bonds is 3. The van der Waals surface area contributed by atoms with Crippen LogP contribution in [0.1, 0.15) is 0 Å². The van der Waals surface area contributed by atoms with E-state index in [4.69, 9.17) is 4.98 Å². The molecule has 7 rings (SSSR count). The van der Waals surface area contributed by atoms with Gasteiger partial charge in [0.1, 0.15) is 0 Å². The van der Waals surface area contributed by atoms with Gasteiger partial charge in [0, 0.05) is 49.0 Å². The maximum atomic E-state index is 4.83. The molecule has 0 N–H and O–H groups in total. The number of fused-ring (bicyclic) bond motifs is 3. The Morgan fingerprint density at radius 3 is 2.00 bits per heavy atom. The zero-order chi connectivity index (χ0) is 24.9. The van der Waals surface area contributed by atoms with E-state index in [0.29, 0.717) is 0 Å². The Balaban J connectivity index is 0.000000191. The van der Waals surface area contributed by atoms with Gasteiger partial charge in [-0.3, -0.25) is 4.98 Å². The van der Waals surface area contributed by atoms with E-state index in [1.54, 1.807) is 6.20 Å². The van der Waals surface area contributed by atoms with Gasteiger partial charge in [-0.05, 0) is 23.9 Å². The van der Waals surface area contributed by atoms with Crippen molar-refractivity contribution in [3.8, 4) is 28.3 Å². The molecule has 0 saturated carbocycles. The Labute approximate surface area is 235 Å². The number of benzene rings is 4. The molecule has 5 heteroatoms. The van der Waals surface area contributed by atoms with Crippen LogP contribution < -0.4 is 0 Å². The monoisotopic (exact) mass is 667 g/mol. The fourth-order valence-corrected chi connectivity index (χ4v) is 4.31. The molecule has 0 aliphatic carbocycles. The third-order valence-corrected chi connectivity index (χ3v) is 6.02. The van der Waals surface area contributed by atoms with Crippen LogP contribution in [-0.2, 0) is 20.1 Å². The fraction of sp³-hybridized carbons (Fsp3) is 0. The molecule has 0 bridgehead atoms. The SMILES string of the molecule is [Ir].[c-]1ccccc1-c1ccccn1.[c-]1ccccc1-c1nc2ncc3ccccc3c2n1-c1ccccc1. The van der Waals surface area contributed by atoms with Gasteiger partial charge < -0.3 is 9.55 Å². The van der Waals surface area contributed by atoms with Crippen LogP contribution in [0.15, 0.2) is 134 Å². The Kier molecular flexibility index (Phi) is 7.79. The molecule has 3 heterocycles. The molecule has 0 atom stereocenters. The Morgan fingerprint density at radius 2 is 1.29 bits per heavy atom. The topological polar surface area (TPSA) is 43.6 Å². The first kappa shape index (κ1) is 25.2. The first-order valence-corrected chi connectivity index (χ1v) is 12.1. The molecule has 4 aromatic carbocycles. The molecule has 0 spiro atoms. The number of aromatic nitrogens is 4. The molecule has 0 amide bonds. The minimum absolute atomic E-state index is 0. The van der Waals surface area contributed by atoms with Crippen LogP contribution in [0.4, 0.5) is 0 Å². The average molecular weight is 667 g/mol. The van der Waals surface area contributed by atoms with Crippen molar-refractivity contribution in [3.05, 3.63) is 146 Å². The van der Waals surface area contributed by atoms with Crippen LogP contribution in [0, 0.1) is 12.1 Å². The van der Waals surface area contributed by atoms with Crippen molar-refractivity contribution in [1.82, 2.24) is 19.5 Å². The summed E-state index contributed by atoms with van der Waals surface area (Å²) in [6, 6.07) is 46.6. The molecular formula is C33H22IrN4-2. The summed E-state index contributed by atoms with van der Waals surface area (Å²) < 4.78 is 2.18. The molecule has 3 aromatic heterocycles. The van der Waals surface area contributed by atoms with Crippen molar-refractivity contribution >= 4 is 21.9 Å². The summed E-state index contributed by atoms with van der Waals surface area (Å²) in [5, 5.41) is 2.25. The molecule has 0 aliphatic heterocycles. The number of hydrogen-bond acceptors (Lipinski definition) is 3. The van der Waals surface area contributed by atoms with E-state index >= 15 is 0 Å². The molecule has 0 fully saturated rings. The molecule has 1 radical (unpaired) electrons. The Bertz CT molecular complexity index is 1710. The van der Waals surface area contributed by atoms with Gasteiger partial charge in [-0.2, -0.15) is 0 Å². The quantitative estimate of drug-likeness (QED) is 0.183. The molecule has 185 valence electrons.